The Bertz CT molecular complexity index is 1310. The summed E-state index contributed by atoms with van der Waals surface area (Å²) in [4.78, 5) is 18.1. The molecule has 1 atom stereocenters. The van der Waals surface area contributed by atoms with Gasteiger partial charge in [0, 0.05) is 37.9 Å². The summed E-state index contributed by atoms with van der Waals surface area (Å²) in [6.45, 7) is 1.89. The second-order valence-corrected chi connectivity index (χ2v) is 9.03. The zero-order chi connectivity index (χ0) is 22.0. The molecule has 3 N–H and O–H groups in total. The fraction of sp³-hybridized carbons (Fsp3) is 0.0833. The van der Waals surface area contributed by atoms with E-state index in [9.17, 15) is 9.00 Å². The number of amides is 1. The summed E-state index contributed by atoms with van der Waals surface area (Å²) in [6.07, 6.45) is 0. The van der Waals surface area contributed by atoms with Crippen LogP contribution in [0.1, 0.15) is 21.6 Å². The maximum absolute atomic E-state index is 13.0. The number of nitrogen functional groups attached to an aromatic ring is 1. The van der Waals surface area contributed by atoms with Crippen molar-refractivity contribution in [2.24, 2.45) is 0 Å². The largest absolute Gasteiger partial charge is 0.398 e. The molecule has 0 fully saturated rings. The van der Waals surface area contributed by atoms with Crippen molar-refractivity contribution >= 4 is 50.6 Å². The van der Waals surface area contributed by atoms with Crippen molar-refractivity contribution in [2.45, 2.75) is 17.6 Å². The molecule has 4 rings (SSSR count). The molecule has 0 bridgehead atoms. The Morgan fingerprint density at radius 2 is 1.81 bits per heavy atom. The number of hydrogen-bond donors (Lipinski definition) is 2. The van der Waals surface area contributed by atoms with Crippen LogP contribution in [0.25, 0.3) is 10.9 Å². The quantitative estimate of drug-likeness (QED) is 0.430. The Morgan fingerprint density at radius 1 is 1.06 bits per heavy atom. The van der Waals surface area contributed by atoms with E-state index < -0.39 is 10.8 Å². The van der Waals surface area contributed by atoms with E-state index >= 15 is 0 Å². The normalized spacial score (nSPS) is 11.9. The van der Waals surface area contributed by atoms with Gasteiger partial charge < -0.3 is 11.1 Å². The summed E-state index contributed by atoms with van der Waals surface area (Å²) < 4.78 is 12.8. The number of aryl methyl sites for hydroxylation is 1. The SMILES string of the molecule is Cc1cc(N)c2cc(NC(=O)c3ccccc3CS(=O)c3ccc(Cl)cc3)ccc2n1. The fourth-order valence-corrected chi connectivity index (χ4v) is 4.61. The minimum Gasteiger partial charge on any atom is -0.398 e. The van der Waals surface area contributed by atoms with Crippen LogP contribution in [0.4, 0.5) is 11.4 Å². The molecular formula is C24H20ClN3O2S. The van der Waals surface area contributed by atoms with Crippen LogP contribution in [0.5, 0.6) is 0 Å². The lowest BCUT2D eigenvalue weighted by molar-refractivity contribution is 0.102. The van der Waals surface area contributed by atoms with Gasteiger partial charge in [0.2, 0.25) is 0 Å². The summed E-state index contributed by atoms with van der Waals surface area (Å²) in [7, 11) is -1.30. The minimum atomic E-state index is -1.30. The Balaban J connectivity index is 1.57. The molecule has 1 heterocycles. The smallest absolute Gasteiger partial charge is 0.255 e. The number of carbonyl (C=O) groups is 1. The molecule has 0 aliphatic carbocycles. The third kappa shape index (κ3) is 4.76. The second kappa shape index (κ2) is 8.88. The Morgan fingerprint density at radius 3 is 2.58 bits per heavy atom. The number of hydrogen-bond acceptors (Lipinski definition) is 4. The molecule has 5 nitrogen and oxygen atoms in total. The number of carbonyl (C=O) groups excluding carboxylic acids is 1. The highest BCUT2D eigenvalue weighted by molar-refractivity contribution is 7.84. The van der Waals surface area contributed by atoms with Crippen LogP contribution in [0.15, 0.2) is 77.7 Å². The zero-order valence-electron chi connectivity index (χ0n) is 16.8. The van der Waals surface area contributed by atoms with Crippen molar-refractivity contribution in [1.82, 2.24) is 4.98 Å². The lowest BCUT2D eigenvalue weighted by Crippen LogP contribution is -2.15. The van der Waals surface area contributed by atoms with Crippen LogP contribution in [-0.4, -0.2) is 15.1 Å². The van der Waals surface area contributed by atoms with E-state index in [1.807, 2.05) is 31.2 Å². The number of anilines is 2. The number of nitrogens with one attached hydrogen (secondary N) is 1. The van der Waals surface area contributed by atoms with Gasteiger partial charge in [0.1, 0.15) is 0 Å². The monoisotopic (exact) mass is 449 g/mol. The van der Waals surface area contributed by atoms with Crippen molar-refractivity contribution in [3.63, 3.8) is 0 Å². The predicted octanol–water partition coefficient (Wildman–Crippen LogP) is 5.34. The third-order valence-corrected chi connectivity index (χ3v) is 6.47. The highest BCUT2D eigenvalue weighted by atomic mass is 35.5. The van der Waals surface area contributed by atoms with Gasteiger partial charge in [0.25, 0.3) is 5.91 Å². The highest BCUT2D eigenvalue weighted by Crippen LogP contribution is 2.25. The van der Waals surface area contributed by atoms with Gasteiger partial charge in [-0.05, 0) is 67.1 Å². The van der Waals surface area contributed by atoms with E-state index in [-0.39, 0.29) is 11.7 Å². The summed E-state index contributed by atoms with van der Waals surface area (Å²) in [5.74, 6) is -0.0549. The van der Waals surface area contributed by atoms with Crippen molar-refractivity contribution in [3.8, 4) is 0 Å². The Labute approximate surface area is 187 Å². The molecule has 0 aliphatic heterocycles. The number of pyridine rings is 1. The van der Waals surface area contributed by atoms with E-state index in [1.54, 1.807) is 48.5 Å². The topological polar surface area (TPSA) is 85.1 Å². The molecule has 0 saturated carbocycles. The van der Waals surface area contributed by atoms with E-state index in [1.165, 1.54) is 0 Å². The van der Waals surface area contributed by atoms with Crippen LogP contribution in [0, 0.1) is 6.92 Å². The van der Waals surface area contributed by atoms with E-state index in [4.69, 9.17) is 17.3 Å². The van der Waals surface area contributed by atoms with Gasteiger partial charge in [-0.2, -0.15) is 0 Å². The number of halogens is 1. The van der Waals surface area contributed by atoms with E-state index in [2.05, 4.69) is 10.3 Å². The molecule has 1 unspecified atom stereocenters. The maximum atomic E-state index is 13.0. The molecule has 1 amide bonds. The fourth-order valence-electron chi connectivity index (χ4n) is 3.34. The molecule has 31 heavy (non-hydrogen) atoms. The lowest BCUT2D eigenvalue weighted by atomic mass is 10.1. The zero-order valence-corrected chi connectivity index (χ0v) is 18.3. The van der Waals surface area contributed by atoms with Gasteiger partial charge >= 0.3 is 0 Å². The first-order chi connectivity index (χ1) is 14.9. The second-order valence-electron chi connectivity index (χ2n) is 7.14. The molecule has 4 aromatic rings. The van der Waals surface area contributed by atoms with Gasteiger partial charge in [0.05, 0.1) is 22.1 Å². The number of nitrogens with two attached hydrogens (primary N) is 1. The average Bonchev–Trinajstić information content (AvgIpc) is 2.75. The van der Waals surface area contributed by atoms with Crippen LogP contribution in [-0.2, 0) is 16.6 Å². The molecule has 0 saturated heterocycles. The number of aromatic nitrogens is 1. The molecule has 1 aromatic heterocycles. The summed E-state index contributed by atoms with van der Waals surface area (Å²) in [5.41, 5.74) is 10.1. The van der Waals surface area contributed by atoms with E-state index in [0.717, 1.165) is 16.6 Å². The van der Waals surface area contributed by atoms with Crippen LogP contribution < -0.4 is 11.1 Å². The highest BCUT2D eigenvalue weighted by Gasteiger charge is 2.15. The third-order valence-electron chi connectivity index (χ3n) is 4.85. The first-order valence-electron chi connectivity index (χ1n) is 9.61. The molecule has 0 radical (unpaired) electrons. The summed E-state index contributed by atoms with van der Waals surface area (Å²) >= 11 is 5.91. The number of benzene rings is 3. The number of nitrogens with zero attached hydrogens (tertiary/aromatic N) is 1. The van der Waals surface area contributed by atoms with Crippen LogP contribution in [0.2, 0.25) is 5.02 Å². The maximum Gasteiger partial charge on any atom is 0.255 e. The van der Waals surface area contributed by atoms with E-state index in [0.29, 0.717) is 32.4 Å². The Hall–Kier alpha value is -3.22. The van der Waals surface area contributed by atoms with Crippen molar-refractivity contribution < 1.29 is 9.00 Å². The van der Waals surface area contributed by atoms with Crippen molar-refractivity contribution in [3.05, 3.63) is 94.6 Å². The number of rotatable bonds is 5. The molecular weight excluding hydrogens is 430 g/mol. The van der Waals surface area contributed by atoms with Crippen LogP contribution >= 0.6 is 11.6 Å². The molecule has 7 heteroatoms. The van der Waals surface area contributed by atoms with Crippen molar-refractivity contribution in [1.29, 1.82) is 0 Å². The minimum absolute atomic E-state index is 0.221. The Kier molecular flexibility index (Phi) is 6.02. The lowest BCUT2D eigenvalue weighted by Gasteiger charge is -2.12. The van der Waals surface area contributed by atoms with Crippen molar-refractivity contribution in [2.75, 3.05) is 11.1 Å². The molecule has 156 valence electrons. The van der Waals surface area contributed by atoms with Crippen LogP contribution in [0.3, 0.4) is 0 Å². The van der Waals surface area contributed by atoms with Gasteiger partial charge in [-0.15, -0.1) is 0 Å². The molecule has 0 spiro atoms. The van der Waals surface area contributed by atoms with Gasteiger partial charge in [0.15, 0.2) is 0 Å². The van der Waals surface area contributed by atoms with Gasteiger partial charge in [-0.25, -0.2) is 0 Å². The average molecular weight is 450 g/mol. The first kappa shape index (κ1) is 21.0. The number of fused-ring (bicyclic) bond motifs is 1. The standard InChI is InChI=1S/C24H20ClN3O2S/c1-15-12-22(26)21-13-18(8-11-23(21)27-15)28-24(29)20-5-3-2-4-16(20)14-31(30)19-9-6-17(25)7-10-19/h2-13H,14H2,1H3,(H2,26,27)(H,28,29). The predicted molar refractivity (Wildman–Crippen MR) is 127 cm³/mol. The summed E-state index contributed by atoms with van der Waals surface area (Å²) in [6, 6.07) is 21.3. The summed E-state index contributed by atoms with van der Waals surface area (Å²) in [5, 5.41) is 4.28. The van der Waals surface area contributed by atoms with Gasteiger partial charge in [-0.1, -0.05) is 29.8 Å². The first-order valence-corrected chi connectivity index (χ1v) is 11.3. The molecule has 0 aliphatic rings. The molecule has 3 aromatic carbocycles. The van der Waals surface area contributed by atoms with Gasteiger partial charge in [-0.3, -0.25) is 14.0 Å².